The molecule has 0 amide bonds. The molecule has 104 valence electrons. The van der Waals surface area contributed by atoms with Crippen LogP contribution in [0.2, 0.25) is 0 Å². The molecule has 7 heteroatoms. The third kappa shape index (κ3) is 2.94. The number of hydrogen-bond acceptors (Lipinski definition) is 6. The fourth-order valence-corrected chi connectivity index (χ4v) is 1.62. The molecule has 0 bridgehead atoms. The second-order valence-corrected chi connectivity index (χ2v) is 4.14. The number of thiocarbonyl (C=S) groups is 1. The van der Waals surface area contributed by atoms with E-state index in [9.17, 15) is 0 Å². The predicted octanol–water partition coefficient (Wildman–Crippen LogP) is 1.92. The number of rotatable bonds is 5. The van der Waals surface area contributed by atoms with E-state index in [1.165, 1.54) is 12.4 Å². The summed E-state index contributed by atoms with van der Waals surface area (Å²) >= 11 is 4.81. The van der Waals surface area contributed by atoms with Gasteiger partial charge in [0, 0.05) is 0 Å². The Balaban J connectivity index is 2.31. The van der Waals surface area contributed by atoms with Gasteiger partial charge in [-0.05, 0) is 12.1 Å². The Labute approximate surface area is 121 Å². The molecule has 0 fully saturated rings. The third-order valence-corrected chi connectivity index (χ3v) is 2.68. The topological polar surface area (TPSA) is 79.5 Å². The van der Waals surface area contributed by atoms with Gasteiger partial charge in [0.2, 0.25) is 11.6 Å². The minimum absolute atomic E-state index is 0.180. The maximum Gasteiger partial charge on any atom is 0.238 e. The molecule has 0 aliphatic carbocycles. The first-order valence-corrected chi connectivity index (χ1v) is 6.07. The lowest BCUT2D eigenvalue weighted by Gasteiger charge is -2.12. The minimum atomic E-state index is 0.180. The van der Waals surface area contributed by atoms with Crippen LogP contribution < -0.4 is 19.9 Å². The number of benzene rings is 1. The van der Waals surface area contributed by atoms with Crippen LogP contribution in [0.3, 0.4) is 0 Å². The quantitative estimate of drug-likeness (QED) is 0.843. The van der Waals surface area contributed by atoms with Crippen LogP contribution in [0.1, 0.15) is 5.69 Å². The summed E-state index contributed by atoms with van der Waals surface area (Å²) in [5, 5.41) is 0. The van der Waals surface area contributed by atoms with E-state index in [-0.39, 0.29) is 10.9 Å². The van der Waals surface area contributed by atoms with E-state index >= 15 is 0 Å². The summed E-state index contributed by atoms with van der Waals surface area (Å²) in [5.41, 5.74) is 5.89. The molecule has 0 aliphatic rings. The summed E-state index contributed by atoms with van der Waals surface area (Å²) in [6, 6.07) is 5.31. The van der Waals surface area contributed by atoms with E-state index in [0.29, 0.717) is 22.9 Å². The van der Waals surface area contributed by atoms with Gasteiger partial charge in [-0.3, -0.25) is 0 Å². The first kappa shape index (κ1) is 14.0. The van der Waals surface area contributed by atoms with Crippen LogP contribution in [0, 0.1) is 0 Å². The largest absolute Gasteiger partial charge is 0.493 e. The number of para-hydroxylation sites is 1. The van der Waals surface area contributed by atoms with E-state index in [4.69, 9.17) is 32.2 Å². The summed E-state index contributed by atoms with van der Waals surface area (Å²) < 4.78 is 16.1. The molecule has 2 aromatic rings. The number of methoxy groups -OCH3 is 2. The Kier molecular flexibility index (Phi) is 4.31. The summed E-state index contributed by atoms with van der Waals surface area (Å²) in [4.78, 5) is 8.31. The molecule has 6 nitrogen and oxygen atoms in total. The van der Waals surface area contributed by atoms with Gasteiger partial charge in [0.15, 0.2) is 11.5 Å². The number of aromatic nitrogens is 2. The number of nitrogens with zero attached hydrogens (tertiary/aromatic N) is 2. The predicted molar refractivity (Wildman–Crippen MR) is 77.5 cm³/mol. The highest BCUT2D eigenvalue weighted by molar-refractivity contribution is 7.80. The zero-order valence-corrected chi connectivity index (χ0v) is 11.8. The van der Waals surface area contributed by atoms with Gasteiger partial charge in [0.05, 0.1) is 26.6 Å². The average molecular weight is 291 g/mol. The van der Waals surface area contributed by atoms with Crippen molar-refractivity contribution in [2.45, 2.75) is 0 Å². The summed E-state index contributed by atoms with van der Waals surface area (Å²) in [6.45, 7) is 0. The van der Waals surface area contributed by atoms with Gasteiger partial charge in [-0.15, -0.1) is 0 Å². The van der Waals surface area contributed by atoms with Gasteiger partial charge in [0.25, 0.3) is 0 Å². The van der Waals surface area contributed by atoms with Crippen molar-refractivity contribution < 1.29 is 14.2 Å². The van der Waals surface area contributed by atoms with Gasteiger partial charge in [-0.2, -0.15) is 0 Å². The first-order valence-electron chi connectivity index (χ1n) is 5.66. The highest BCUT2D eigenvalue weighted by atomic mass is 32.1. The van der Waals surface area contributed by atoms with Crippen LogP contribution in [0.15, 0.2) is 30.6 Å². The normalized spacial score (nSPS) is 9.90. The smallest absolute Gasteiger partial charge is 0.238 e. The molecule has 0 saturated carbocycles. The maximum atomic E-state index is 5.65. The van der Waals surface area contributed by atoms with Crippen molar-refractivity contribution in [2.75, 3.05) is 14.2 Å². The van der Waals surface area contributed by atoms with E-state index in [1.807, 2.05) is 0 Å². The standard InChI is InChI=1S/C13H13N3O3S/c1-17-9-4-3-5-10(18-2)12(9)19-11-7-15-8(6-16-11)13(14)20/h3-7H,1-2H3,(H2,14,20). The maximum absolute atomic E-state index is 5.65. The lowest BCUT2D eigenvalue weighted by molar-refractivity contribution is 0.341. The van der Waals surface area contributed by atoms with E-state index in [1.54, 1.807) is 32.4 Å². The van der Waals surface area contributed by atoms with Gasteiger partial charge in [-0.25, -0.2) is 9.97 Å². The Morgan fingerprint density at radius 2 is 1.75 bits per heavy atom. The molecule has 1 aromatic carbocycles. The second kappa shape index (κ2) is 6.16. The van der Waals surface area contributed by atoms with Crippen LogP contribution in [-0.2, 0) is 0 Å². The molecule has 0 aliphatic heterocycles. The SMILES string of the molecule is COc1cccc(OC)c1Oc1cnc(C(N)=S)cn1. The van der Waals surface area contributed by atoms with Crippen molar-refractivity contribution in [1.29, 1.82) is 0 Å². The molecule has 0 saturated heterocycles. The highest BCUT2D eigenvalue weighted by Gasteiger charge is 2.13. The van der Waals surface area contributed by atoms with Gasteiger partial charge < -0.3 is 19.9 Å². The first-order chi connectivity index (χ1) is 9.65. The van der Waals surface area contributed by atoms with Crippen molar-refractivity contribution in [3.63, 3.8) is 0 Å². The van der Waals surface area contributed by atoms with Crippen LogP contribution >= 0.6 is 12.2 Å². The summed E-state index contributed by atoms with van der Waals surface area (Å²) in [6.07, 6.45) is 2.87. The van der Waals surface area contributed by atoms with Crippen molar-refractivity contribution >= 4 is 17.2 Å². The molecule has 2 rings (SSSR count). The zero-order chi connectivity index (χ0) is 14.5. The van der Waals surface area contributed by atoms with Crippen molar-refractivity contribution in [1.82, 2.24) is 9.97 Å². The van der Waals surface area contributed by atoms with Crippen LogP contribution in [0.4, 0.5) is 0 Å². The van der Waals surface area contributed by atoms with E-state index in [0.717, 1.165) is 0 Å². The van der Waals surface area contributed by atoms with E-state index in [2.05, 4.69) is 9.97 Å². The monoisotopic (exact) mass is 291 g/mol. The molecular formula is C13H13N3O3S. The fourth-order valence-electron chi connectivity index (χ4n) is 1.52. The Morgan fingerprint density at radius 1 is 1.10 bits per heavy atom. The lowest BCUT2D eigenvalue weighted by Crippen LogP contribution is -2.11. The number of nitrogens with two attached hydrogens (primary N) is 1. The van der Waals surface area contributed by atoms with Gasteiger partial charge >= 0.3 is 0 Å². The molecule has 0 atom stereocenters. The third-order valence-electron chi connectivity index (χ3n) is 2.47. The molecule has 0 unspecified atom stereocenters. The number of hydrogen-bond donors (Lipinski definition) is 1. The zero-order valence-electron chi connectivity index (χ0n) is 11.0. The fraction of sp³-hybridized carbons (Fsp3) is 0.154. The lowest BCUT2D eigenvalue weighted by atomic mass is 10.3. The molecular weight excluding hydrogens is 278 g/mol. The summed E-state index contributed by atoms with van der Waals surface area (Å²) in [7, 11) is 3.09. The van der Waals surface area contributed by atoms with Crippen molar-refractivity contribution in [3.05, 3.63) is 36.3 Å². The van der Waals surface area contributed by atoms with Crippen molar-refractivity contribution in [3.8, 4) is 23.1 Å². The Hall–Kier alpha value is -2.41. The van der Waals surface area contributed by atoms with Crippen LogP contribution in [0.25, 0.3) is 0 Å². The molecule has 20 heavy (non-hydrogen) atoms. The van der Waals surface area contributed by atoms with Crippen LogP contribution in [0.5, 0.6) is 23.1 Å². The van der Waals surface area contributed by atoms with Crippen LogP contribution in [-0.4, -0.2) is 29.2 Å². The molecule has 0 radical (unpaired) electrons. The van der Waals surface area contributed by atoms with Gasteiger partial charge in [-0.1, -0.05) is 18.3 Å². The molecule has 2 N–H and O–H groups in total. The molecule has 0 spiro atoms. The molecule has 1 aromatic heterocycles. The summed E-state index contributed by atoms with van der Waals surface area (Å²) in [5.74, 6) is 1.77. The minimum Gasteiger partial charge on any atom is -0.493 e. The van der Waals surface area contributed by atoms with E-state index < -0.39 is 0 Å². The Morgan fingerprint density at radius 3 is 2.20 bits per heavy atom. The van der Waals surface area contributed by atoms with Crippen molar-refractivity contribution in [2.24, 2.45) is 5.73 Å². The second-order valence-electron chi connectivity index (χ2n) is 3.70. The Bertz CT molecular complexity index is 595. The average Bonchev–Trinajstić information content (AvgIpc) is 2.48. The molecule has 1 heterocycles. The number of ether oxygens (including phenoxy) is 3. The van der Waals surface area contributed by atoms with Gasteiger partial charge in [0.1, 0.15) is 10.7 Å². The highest BCUT2D eigenvalue weighted by Crippen LogP contribution is 2.39.